The molecule has 0 radical (unpaired) electrons. The molecule has 0 bridgehead atoms. The van der Waals surface area contributed by atoms with E-state index in [0.717, 1.165) is 5.56 Å². The summed E-state index contributed by atoms with van der Waals surface area (Å²) in [6, 6.07) is 6.31. The number of nitrogens with zero attached hydrogens (tertiary/aromatic N) is 3. The summed E-state index contributed by atoms with van der Waals surface area (Å²) in [7, 11) is 0.801. The summed E-state index contributed by atoms with van der Waals surface area (Å²) in [5, 5.41) is 14.5. The number of benzene rings is 1. The Bertz CT molecular complexity index is 613. The van der Waals surface area contributed by atoms with Gasteiger partial charge in [-0.1, -0.05) is 12.1 Å². The van der Waals surface area contributed by atoms with Crippen molar-refractivity contribution in [1.29, 1.82) is 0 Å². The maximum Gasteiger partial charge on any atom is 0.269 e. The summed E-state index contributed by atoms with van der Waals surface area (Å²) < 4.78 is 23.2. The van der Waals surface area contributed by atoms with Gasteiger partial charge in [0, 0.05) is 38.8 Å². The van der Waals surface area contributed by atoms with Gasteiger partial charge in [0.1, 0.15) is 0 Å². The Hall–Kier alpha value is -1.51. The van der Waals surface area contributed by atoms with Gasteiger partial charge in [0.2, 0.25) is 0 Å². The molecule has 0 aromatic heterocycles. The zero-order valence-corrected chi connectivity index (χ0v) is 12.9. The van der Waals surface area contributed by atoms with Crippen LogP contribution in [0, 0.1) is 10.1 Å². The van der Waals surface area contributed by atoms with Gasteiger partial charge in [0.15, 0.2) is 9.84 Å². The lowest BCUT2D eigenvalue weighted by molar-refractivity contribution is -0.384. The Morgan fingerprint density at radius 1 is 1.29 bits per heavy atom. The van der Waals surface area contributed by atoms with Crippen LogP contribution in [-0.4, -0.2) is 55.0 Å². The molecule has 1 aromatic carbocycles. The van der Waals surface area contributed by atoms with Gasteiger partial charge in [-0.05, 0) is 12.0 Å². The van der Waals surface area contributed by atoms with Gasteiger partial charge in [-0.15, -0.1) is 0 Å². The standard InChI is InChI=1S/C13H19N3O4S/c1-14(2)15(13-7-8-21(19,20)10-13)9-11-3-5-12(6-4-11)16(17)18/h3-6,13H,7-10H2,1-2H3/t13-/m0/s1. The molecule has 1 saturated heterocycles. The maximum atomic E-state index is 11.6. The second kappa shape index (κ2) is 6.08. The van der Waals surface area contributed by atoms with Crippen molar-refractivity contribution in [1.82, 2.24) is 10.0 Å². The summed E-state index contributed by atoms with van der Waals surface area (Å²) in [5.74, 6) is 0.389. The fraction of sp³-hybridized carbons (Fsp3) is 0.538. The van der Waals surface area contributed by atoms with E-state index in [-0.39, 0.29) is 23.2 Å². The number of hydrogen-bond donors (Lipinski definition) is 0. The predicted octanol–water partition coefficient (Wildman–Crippen LogP) is 1.06. The third-order valence-electron chi connectivity index (χ3n) is 3.64. The molecule has 8 heteroatoms. The summed E-state index contributed by atoms with van der Waals surface area (Å²) in [4.78, 5) is 10.2. The smallest absolute Gasteiger partial charge is 0.258 e. The van der Waals surface area contributed by atoms with Gasteiger partial charge in [0.05, 0.1) is 16.4 Å². The first kappa shape index (κ1) is 15.9. The van der Waals surface area contributed by atoms with Gasteiger partial charge in [-0.2, -0.15) is 0 Å². The first-order valence-electron chi connectivity index (χ1n) is 6.66. The molecule has 116 valence electrons. The summed E-state index contributed by atoms with van der Waals surface area (Å²) in [6.45, 7) is 0.533. The van der Waals surface area contributed by atoms with E-state index in [1.807, 2.05) is 24.1 Å². The zero-order valence-electron chi connectivity index (χ0n) is 12.1. The average molecular weight is 313 g/mol. The Kier molecular flexibility index (Phi) is 4.60. The van der Waals surface area contributed by atoms with Crippen molar-refractivity contribution >= 4 is 15.5 Å². The lowest BCUT2D eigenvalue weighted by Crippen LogP contribution is -2.44. The van der Waals surface area contributed by atoms with E-state index < -0.39 is 14.8 Å². The highest BCUT2D eigenvalue weighted by molar-refractivity contribution is 7.91. The molecule has 0 spiro atoms. The minimum atomic E-state index is -2.94. The zero-order chi connectivity index (χ0) is 15.6. The Labute approximate surface area is 124 Å². The summed E-state index contributed by atoms with van der Waals surface area (Å²) >= 11 is 0. The molecule has 1 atom stereocenters. The van der Waals surface area contributed by atoms with Crippen LogP contribution in [0.1, 0.15) is 12.0 Å². The van der Waals surface area contributed by atoms with E-state index in [9.17, 15) is 18.5 Å². The number of hydrogen-bond acceptors (Lipinski definition) is 6. The molecule has 0 N–H and O–H groups in total. The second-order valence-corrected chi connectivity index (χ2v) is 7.65. The SMILES string of the molecule is CN(C)N(Cc1ccc([N+](=O)[O-])cc1)[C@H]1CCS(=O)(=O)C1. The quantitative estimate of drug-likeness (QED) is 0.597. The molecule has 0 saturated carbocycles. The first-order valence-corrected chi connectivity index (χ1v) is 8.48. The topological polar surface area (TPSA) is 83.8 Å². The Balaban J connectivity index is 2.11. The third-order valence-corrected chi connectivity index (χ3v) is 5.39. The van der Waals surface area contributed by atoms with Crippen LogP contribution in [0.5, 0.6) is 0 Å². The fourth-order valence-corrected chi connectivity index (χ4v) is 4.24. The van der Waals surface area contributed by atoms with Crippen molar-refractivity contribution < 1.29 is 13.3 Å². The Morgan fingerprint density at radius 3 is 2.33 bits per heavy atom. The normalized spacial score (nSPS) is 21.0. The molecule has 7 nitrogen and oxygen atoms in total. The van der Waals surface area contributed by atoms with E-state index in [0.29, 0.717) is 13.0 Å². The van der Waals surface area contributed by atoms with Gasteiger partial charge >= 0.3 is 0 Å². The van der Waals surface area contributed by atoms with Gasteiger partial charge in [-0.25, -0.2) is 18.4 Å². The number of nitro groups is 1. The molecule has 0 unspecified atom stereocenters. The van der Waals surface area contributed by atoms with E-state index >= 15 is 0 Å². The molecule has 1 aliphatic rings. The molecule has 1 aromatic rings. The van der Waals surface area contributed by atoms with Crippen molar-refractivity contribution in [2.45, 2.75) is 19.0 Å². The second-order valence-electron chi connectivity index (χ2n) is 5.43. The molecule has 21 heavy (non-hydrogen) atoms. The van der Waals surface area contributed by atoms with Gasteiger partial charge < -0.3 is 0 Å². The van der Waals surface area contributed by atoms with Crippen LogP contribution >= 0.6 is 0 Å². The third kappa shape index (κ3) is 3.99. The number of rotatable bonds is 5. The number of hydrazine groups is 1. The van der Waals surface area contributed by atoms with Crippen LogP contribution in [0.4, 0.5) is 5.69 Å². The van der Waals surface area contributed by atoms with E-state index in [2.05, 4.69) is 0 Å². The minimum Gasteiger partial charge on any atom is -0.258 e. The van der Waals surface area contributed by atoms with Crippen LogP contribution in [0.2, 0.25) is 0 Å². The maximum absolute atomic E-state index is 11.6. The van der Waals surface area contributed by atoms with E-state index in [4.69, 9.17) is 0 Å². The highest BCUT2D eigenvalue weighted by Crippen LogP contribution is 2.21. The lowest BCUT2D eigenvalue weighted by atomic mass is 10.1. The minimum absolute atomic E-state index is 0.0415. The van der Waals surface area contributed by atoms with Crippen LogP contribution in [-0.2, 0) is 16.4 Å². The van der Waals surface area contributed by atoms with Crippen molar-refractivity contribution in [2.24, 2.45) is 0 Å². The van der Waals surface area contributed by atoms with E-state index in [1.54, 1.807) is 12.1 Å². The van der Waals surface area contributed by atoms with Gasteiger partial charge in [0.25, 0.3) is 5.69 Å². The van der Waals surface area contributed by atoms with Crippen molar-refractivity contribution in [3.05, 3.63) is 39.9 Å². The average Bonchev–Trinajstić information content (AvgIpc) is 2.76. The van der Waals surface area contributed by atoms with E-state index in [1.165, 1.54) is 12.1 Å². The largest absolute Gasteiger partial charge is 0.269 e. The first-order chi connectivity index (χ1) is 9.78. The molecule has 0 aliphatic carbocycles. The molecular weight excluding hydrogens is 294 g/mol. The highest BCUT2D eigenvalue weighted by atomic mass is 32.2. The molecule has 2 rings (SSSR count). The fourth-order valence-electron chi connectivity index (χ4n) is 2.52. The molecule has 1 aliphatic heterocycles. The molecule has 1 heterocycles. The Morgan fingerprint density at radius 2 is 1.90 bits per heavy atom. The highest BCUT2D eigenvalue weighted by Gasteiger charge is 2.33. The van der Waals surface area contributed by atoms with Crippen LogP contribution < -0.4 is 0 Å². The van der Waals surface area contributed by atoms with Gasteiger partial charge in [-0.3, -0.25) is 10.1 Å². The predicted molar refractivity (Wildman–Crippen MR) is 79.4 cm³/mol. The lowest BCUT2D eigenvalue weighted by Gasteiger charge is -2.33. The molecule has 0 amide bonds. The van der Waals surface area contributed by atoms with Crippen LogP contribution in [0.15, 0.2) is 24.3 Å². The van der Waals surface area contributed by atoms with Crippen LogP contribution in [0.3, 0.4) is 0 Å². The molecule has 1 fully saturated rings. The van der Waals surface area contributed by atoms with Crippen molar-refractivity contribution in [3.8, 4) is 0 Å². The molecular formula is C13H19N3O4S. The van der Waals surface area contributed by atoms with Crippen molar-refractivity contribution in [2.75, 3.05) is 25.6 Å². The van der Waals surface area contributed by atoms with Crippen LogP contribution in [0.25, 0.3) is 0 Å². The number of sulfone groups is 1. The van der Waals surface area contributed by atoms with Crippen molar-refractivity contribution in [3.63, 3.8) is 0 Å². The summed E-state index contributed by atoms with van der Waals surface area (Å²) in [5.41, 5.74) is 0.970. The summed E-state index contributed by atoms with van der Waals surface area (Å²) in [6.07, 6.45) is 0.619. The number of nitro benzene ring substituents is 1. The number of non-ortho nitro benzene ring substituents is 1. The monoisotopic (exact) mass is 313 g/mol.